The number of carbonyl (C=O) groups is 1. The summed E-state index contributed by atoms with van der Waals surface area (Å²) >= 11 is 0. The molecule has 3 heterocycles. The molecule has 5 heteroatoms. The molecule has 2 aromatic rings. The second-order valence-corrected chi connectivity index (χ2v) is 5.88. The minimum Gasteiger partial charge on any atom is -0.384 e. The van der Waals surface area contributed by atoms with Gasteiger partial charge in [-0.25, -0.2) is 0 Å². The zero-order chi connectivity index (χ0) is 16.1. The van der Waals surface area contributed by atoms with Gasteiger partial charge in [-0.3, -0.25) is 14.8 Å². The fourth-order valence-electron chi connectivity index (χ4n) is 3.02. The number of rotatable bonds is 4. The Morgan fingerprint density at radius 2 is 2.13 bits per heavy atom. The van der Waals surface area contributed by atoms with E-state index in [1.165, 1.54) is 0 Å². The number of hydrogen-bond acceptors (Lipinski definition) is 4. The molecule has 1 unspecified atom stereocenters. The number of carbonyl (C=O) groups excluding carboxylic acids is 1. The SMILES string of the molecule is COCC1CCCN(C(=O)c2ccc(-c3ccncc3)nc2)C1. The van der Waals surface area contributed by atoms with Crippen molar-refractivity contribution in [3.05, 3.63) is 48.4 Å². The smallest absolute Gasteiger partial charge is 0.255 e. The normalized spacial score (nSPS) is 18.0. The van der Waals surface area contributed by atoms with Gasteiger partial charge in [-0.2, -0.15) is 0 Å². The topological polar surface area (TPSA) is 55.3 Å². The summed E-state index contributed by atoms with van der Waals surface area (Å²) < 4.78 is 5.22. The van der Waals surface area contributed by atoms with E-state index >= 15 is 0 Å². The van der Waals surface area contributed by atoms with Crippen molar-refractivity contribution < 1.29 is 9.53 Å². The molecule has 1 saturated heterocycles. The number of nitrogens with zero attached hydrogens (tertiary/aromatic N) is 3. The van der Waals surface area contributed by atoms with Crippen LogP contribution in [0.25, 0.3) is 11.3 Å². The summed E-state index contributed by atoms with van der Waals surface area (Å²) in [5, 5.41) is 0. The minimum absolute atomic E-state index is 0.0552. The Bertz CT molecular complexity index is 641. The fraction of sp³-hybridized carbons (Fsp3) is 0.389. The molecule has 1 amide bonds. The van der Waals surface area contributed by atoms with Crippen LogP contribution in [0.4, 0.5) is 0 Å². The Labute approximate surface area is 136 Å². The second-order valence-electron chi connectivity index (χ2n) is 5.88. The molecule has 1 fully saturated rings. The van der Waals surface area contributed by atoms with Gasteiger partial charge in [0, 0.05) is 44.4 Å². The number of ether oxygens (including phenoxy) is 1. The van der Waals surface area contributed by atoms with E-state index in [1.54, 1.807) is 25.7 Å². The van der Waals surface area contributed by atoms with Crippen LogP contribution in [0, 0.1) is 5.92 Å². The molecule has 0 radical (unpaired) electrons. The number of piperidine rings is 1. The van der Waals surface area contributed by atoms with Crippen LogP contribution in [0.5, 0.6) is 0 Å². The number of likely N-dealkylation sites (tertiary alicyclic amines) is 1. The molecule has 1 aliphatic heterocycles. The van der Waals surface area contributed by atoms with E-state index in [4.69, 9.17) is 4.74 Å². The first kappa shape index (κ1) is 15.6. The molecule has 23 heavy (non-hydrogen) atoms. The van der Waals surface area contributed by atoms with Gasteiger partial charge in [-0.05, 0) is 43.0 Å². The third-order valence-electron chi connectivity index (χ3n) is 4.20. The lowest BCUT2D eigenvalue weighted by Gasteiger charge is -2.32. The largest absolute Gasteiger partial charge is 0.384 e. The Morgan fingerprint density at radius 1 is 1.30 bits per heavy atom. The van der Waals surface area contributed by atoms with Crippen LogP contribution in [0.3, 0.4) is 0 Å². The van der Waals surface area contributed by atoms with Crippen molar-refractivity contribution in [2.45, 2.75) is 12.8 Å². The van der Waals surface area contributed by atoms with E-state index in [-0.39, 0.29) is 5.91 Å². The van der Waals surface area contributed by atoms with Crippen LogP contribution in [-0.4, -0.2) is 47.6 Å². The van der Waals surface area contributed by atoms with Crippen LogP contribution in [-0.2, 0) is 4.74 Å². The summed E-state index contributed by atoms with van der Waals surface area (Å²) in [5.74, 6) is 0.487. The number of methoxy groups -OCH3 is 1. The number of hydrogen-bond donors (Lipinski definition) is 0. The molecule has 0 bridgehead atoms. The molecule has 2 aromatic heterocycles. The predicted octanol–water partition coefficient (Wildman–Crippen LogP) is 2.64. The predicted molar refractivity (Wildman–Crippen MR) is 88.0 cm³/mol. The third kappa shape index (κ3) is 3.74. The van der Waals surface area contributed by atoms with Crippen LogP contribution < -0.4 is 0 Å². The number of aromatic nitrogens is 2. The van der Waals surface area contributed by atoms with Gasteiger partial charge in [-0.15, -0.1) is 0 Å². The molecule has 5 nitrogen and oxygen atoms in total. The van der Waals surface area contributed by atoms with Crippen molar-refractivity contribution in [3.8, 4) is 11.3 Å². The van der Waals surface area contributed by atoms with Crippen molar-refractivity contribution in [2.75, 3.05) is 26.8 Å². The van der Waals surface area contributed by atoms with Crippen molar-refractivity contribution in [1.82, 2.24) is 14.9 Å². The summed E-state index contributed by atoms with van der Waals surface area (Å²) in [5.41, 5.74) is 2.48. The Morgan fingerprint density at radius 3 is 2.83 bits per heavy atom. The first-order chi connectivity index (χ1) is 11.3. The molecule has 0 N–H and O–H groups in total. The summed E-state index contributed by atoms with van der Waals surface area (Å²) in [6.45, 7) is 2.28. The van der Waals surface area contributed by atoms with Gasteiger partial charge in [-0.1, -0.05) is 0 Å². The highest BCUT2D eigenvalue weighted by molar-refractivity contribution is 5.94. The third-order valence-corrected chi connectivity index (χ3v) is 4.20. The maximum Gasteiger partial charge on any atom is 0.255 e. The maximum atomic E-state index is 12.6. The van der Waals surface area contributed by atoms with Crippen LogP contribution in [0.15, 0.2) is 42.9 Å². The van der Waals surface area contributed by atoms with Crippen molar-refractivity contribution >= 4 is 5.91 Å². The Kier molecular flexibility index (Phi) is 4.98. The summed E-state index contributed by atoms with van der Waals surface area (Å²) in [6.07, 6.45) is 7.29. The standard InChI is InChI=1S/C18H21N3O2/c1-23-13-14-3-2-10-21(12-14)18(22)16-4-5-17(20-11-16)15-6-8-19-9-7-15/h4-9,11,14H,2-3,10,12-13H2,1H3. The lowest BCUT2D eigenvalue weighted by molar-refractivity contribution is 0.0570. The molecule has 120 valence electrons. The molecule has 0 aliphatic carbocycles. The highest BCUT2D eigenvalue weighted by Crippen LogP contribution is 2.20. The Balaban J connectivity index is 1.70. The zero-order valence-electron chi connectivity index (χ0n) is 13.3. The van der Waals surface area contributed by atoms with Gasteiger partial charge >= 0.3 is 0 Å². The van der Waals surface area contributed by atoms with Crippen LogP contribution in [0.1, 0.15) is 23.2 Å². The number of amides is 1. The monoisotopic (exact) mass is 311 g/mol. The Hall–Kier alpha value is -2.27. The van der Waals surface area contributed by atoms with E-state index in [2.05, 4.69) is 9.97 Å². The summed E-state index contributed by atoms with van der Waals surface area (Å²) in [7, 11) is 1.71. The lowest BCUT2D eigenvalue weighted by Crippen LogP contribution is -2.41. The highest BCUT2D eigenvalue weighted by atomic mass is 16.5. The van der Waals surface area contributed by atoms with Crippen LogP contribution in [0.2, 0.25) is 0 Å². The van der Waals surface area contributed by atoms with Crippen molar-refractivity contribution in [3.63, 3.8) is 0 Å². The van der Waals surface area contributed by atoms with Gasteiger partial charge in [0.2, 0.25) is 0 Å². The molecule has 0 saturated carbocycles. The van der Waals surface area contributed by atoms with Crippen LogP contribution >= 0.6 is 0 Å². The molecule has 0 aromatic carbocycles. The van der Waals surface area contributed by atoms with E-state index in [1.807, 2.05) is 29.2 Å². The van der Waals surface area contributed by atoms with E-state index < -0.39 is 0 Å². The molecule has 3 rings (SSSR count). The molecule has 0 spiro atoms. The molecule has 1 atom stereocenters. The minimum atomic E-state index is 0.0552. The van der Waals surface area contributed by atoms with E-state index in [0.717, 1.165) is 37.2 Å². The van der Waals surface area contributed by atoms with Gasteiger partial charge in [0.05, 0.1) is 17.9 Å². The van der Waals surface area contributed by atoms with Crippen molar-refractivity contribution in [2.24, 2.45) is 5.92 Å². The van der Waals surface area contributed by atoms with E-state index in [0.29, 0.717) is 18.1 Å². The van der Waals surface area contributed by atoms with Gasteiger partial charge in [0.15, 0.2) is 0 Å². The first-order valence-corrected chi connectivity index (χ1v) is 7.92. The van der Waals surface area contributed by atoms with E-state index in [9.17, 15) is 4.79 Å². The second kappa shape index (κ2) is 7.33. The maximum absolute atomic E-state index is 12.6. The molecular weight excluding hydrogens is 290 g/mol. The molecular formula is C18H21N3O2. The zero-order valence-corrected chi connectivity index (χ0v) is 13.3. The average Bonchev–Trinajstić information content (AvgIpc) is 2.62. The summed E-state index contributed by atoms with van der Waals surface area (Å²) in [4.78, 5) is 23.0. The highest BCUT2D eigenvalue weighted by Gasteiger charge is 2.24. The van der Waals surface area contributed by atoms with Gasteiger partial charge < -0.3 is 9.64 Å². The van der Waals surface area contributed by atoms with Gasteiger partial charge in [0.25, 0.3) is 5.91 Å². The van der Waals surface area contributed by atoms with Crippen molar-refractivity contribution in [1.29, 1.82) is 0 Å². The van der Waals surface area contributed by atoms with Gasteiger partial charge in [0.1, 0.15) is 0 Å². The fourth-order valence-corrected chi connectivity index (χ4v) is 3.02. The first-order valence-electron chi connectivity index (χ1n) is 7.92. The number of pyridine rings is 2. The summed E-state index contributed by atoms with van der Waals surface area (Å²) in [6, 6.07) is 7.55. The quantitative estimate of drug-likeness (QED) is 0.871. The lowest BCUT2D eigenvalue weighted by atomic mass is 9.98. The molecule has 1 aliphatic rings. The average molecular weight is 311 g/mol.